The summed E-state index contributed by atoms with van der Waals surface area (Å²) >= 11 is 0. The predicted molar refractivity (Wildman–Crippen MR) is 108 cm³/mol. The van der Waals surface area contributed by atoms with Crippen molar-refractivity contribution in [1.29, 1.82) is 0 Å². The van der Waals surface area contributed by atoms with Crippen molar-refractivity contribution in [3.8, 4) is 0 Å². The second-order valence-electron chi connectivity index (χ2n) is 7.27. The molecule has 0 saturated carbocycles. The third kappa shape index (κ3) is 7.47. The summed E-state index contributed by atoms with van der Waals surface area (Å²) in [6.45, 7) is 2.26. The van der Waals surface area contributed by atoms with Gasteiger partial charge in [-0.15, -0.1) is 0 Å². The molecular weight excluding hydrogens is 380 g/mol. The fraction of sp³-hybridized carbons (Fsp3) is 0.579. The van der Waals surface area contributed by atoms with Crippen LogP contribution in [0.5, 0.6) is 0 Å². The maximum Gasteiger partial charge on any atom is 0.305 e. The van der Waals surface area contributed by atoms with Crippen LogP contribution >= 0.6 is 0 Å². The Morgan fingerprint density at radius 2 is 1.76 bits per heavy atom. The van der Waals surface area contributed by atoms with Crippen molar-refractivity contribution < 1.29 is 19.4 Å². The largest absolute Gasteiger partial charge is 0.465 e. The van der Waals surface area contributed by atoms with Gasteiger partial charge in [-0.2, -0.15) is 5.10 Å². The molecule has 0 spiro atoms. The molecule has 0 unspecified atom stereocenters. The zero-order valence-electron chi connectivity index (χ0n) is 16.5. The zero-order chi connectivity index (χ0) is 21.2. The number of carbonyl (C=O) groups is 1. The Kier molecular flexibility index (Phi) is 8.50. The summed E-state index contributed by atoms with van der Waals surface area (Å²) in [5.74, 6) is -0.124. The lowest BCUT2D eigenvalue weighted by molar-refractivity contribution is -0.393. The number of nitro benzene ring substituents is 2. The van der Waals surface area contributed by atoms with Crippen LogP contribution in [-0.2, 0) is 9.53 Å². The number of non-ortho nitro benzene ring substituents is 1. The monoisotopic (exact) mass is 406 g/mol. The Morgan fingerprint density at radius 3 is 2.45 bits per heavy atom. The molecular formula is C19H26N4O6. The number of hydrogen-bond acceptors (Lipinski definition) is 8. The number of nitrogens with one attached hydrogen (secondary N) is 1. The number of hydrogen-bond donors (Lipinski definition) is 1. The van der Waals surface area contributed by atoms with Crippen molar-refractivity contribution >= 4 is 28.7 Å². The van der Waals surface area contributed by atoms with E-state index in [4.69, 9.17) is 4.74 Å². The van der Waals surface area contributed by atoms with Crippen molar-refractivity contribution in [3.05, 3.63) is 38.4 Å². The first-order valence-electron chi connectivity index (χ1n) is 9.76. The molecule has 1 N–H and O–H groups in total. The number of carbonyl (C=O) groups excluding carboxylic acids is 1. The molecule has 0 radical (unpaired) electrons. The molecule has 0 aromatic heterocycles. The Morgan fingerprint density at radius 1 is 1.07 bits per heavy atom. The number of rotatable bonds is 4. The number of nitrogens with zero attached hydrogens (tertiary/aromatic N) is 3. The first-order chi connectivity index (χ1) is 13.9. The van der Waals surface area contributed by atoms with Crippen LogP contribution < -0.4 is 5.43 Å². The minimum absolute atomic E-state index is 0.0621. The van der Waals surface area contributed by atoms with Crippen LogP contribution in [0.25, 0.3) is 0 Å². The highest BCUT2D eigenvalue weighted by molar-refractivity contribution is 5.85. The lowest BCUT2D eigenvalue weighted by atomic mass is 10.0. The molecule has 1 aromatic carbocycles. The lowest BCUT2D eigenvalue weighted by Crippen LogP contribution is -2.16. The topological polar surface area (TPSA) is 137 Å². The molecule has 2 rings (SSSR count). The van der Waals surface area contributed by atoms with E-state index in [1.165, 1.54) is 12.1 Å². The van der Waals surface area contributed by atoms with Gasteiger partial charge in [0.25, 0.3) is 5.69 Å². The minimum Gasteiger partial charge on any atom is -0.465 e. The summed E-state index contributed by atoms with van der Waals surface area (Å²) in [4.78, 5) is 32.5. The first kappa shape index (κ1) is 22.3. The summed E-state index contributed by atoms with van der Waals surface area (Å²) in [6, 6.07) is 3.39. The number of anilines is 1. The molecule has 1 aliphatic rings. The third-order valence-electron chi connectivity index (χ3n) is 4.68. The van der Waals surface area contributed by atoms with E-state index in [9.17, 15) is 25.0 Å². The number of cyclic esters (lactones) is 1. The van der Waals surface area contributed by atoms with E-state index >= 15 is 0 Å². The molecule has 0 amide bonds. The first-order valence-corrected chi connectivity index (χ1v) is 9.76. The average Bonchev–Trinajstić information content (AvgIpc) is 2.70. The summed E-state index contributed by atoms with van der Waals surface area (Å²) in [5, 5.41) is 26.5. The maximum absolute atomic E-state index is 11.7. The molecule has 158 valence electrons. The molecule has 0 aliphatic carbocycles. The summed E-state index contributed by atoms with van der Waals surface area (Å²) < 4.78 is 5.30. The van der Waals surface area contributed by atoms with Crippen LogP contribution in [0.15, 0.2) is 23.3 Å². The molecule has 1 fully saturated rings. The van der Waals surface area contributed by atoms with Gasteiger partial charge < -0.3 is 4.74 Å². The third-order valence-corrected chi connectivity index (χ3v) is 4.68. The molecule has 1 atom stereocenters. The van der Waals surface area contributed by atoms with E-state index in [2.05, 4.69) is 10.5 Å². The molecule has 1 saturated heterocycles. The lowest BCUT2D eigenvalue weighted by Gasteiger charge is -2.14. The quantitative estimate of drug-likeness (QED) is 0.438. The fourth-order valence-corrected chi connectivity index (χ4v) is 3.12. The summed E-state index contributed by atoms with van der Waals surface area (Å²) in [6.07, 6.45) is 6.54. The van der Waals surface area contributed by atoms with E-state index in [-0.39, 0.29) is 23.3 Å². The number of esters is 1. The van der Waals surface area contributed by atoms with E-state index in [0.29, 0.717) is 19.4 Å². The van der Waals surface area contributed by atoms with Gasteiger partial charge in [0.05, 0.1) is 22.5 Å². The molecule has 1 aromatic rings. The van der Waals surface area contributed by atoms with Crippen LogP contribution in [0.4, 0.5) is 17.1 Å². The van der Waals surface area contributed by atoms with Gasteiger partial charge in [0.1, 0.15) is 5.69 Å². The van der Waals surface area contributed by atoms with Crippen LogP contribution in [0.1, 0.15) is 58.3 Å². The summed E-state index contributed by atoms with van der Waals surface area (Å²) in [5.41, 5.74) is 2.85. The van der Waals surface area contributed by atoms with Gasteiger partial charge in [0, 0.05) is 18.2 Å². The van der Waals surface area contributed by atoms with E-state index in [1.807, 2.05) is 6.92 Å². The van der Waals surface area contributed by atoms with E-state index < -0.39 is 15.5 Å². The van der Waals surface area contributed by atoms with Gasteiger partial charge in [0.15, 0.2) is 0 Å². The van der Waals surface area contributed by atoms with Crippen LogP contribution in [0, 0.1) is 26.1 Å². The fourth-order valence-electron chi connectivity index (χ4n) is 3.12. The predicted octanol–water partition coefficient (Wildman–Crippen LogP) is 4.58. The highest BCUT2D eigenvalue weighted by Gasteiger charge is 2.19. The normalized spacial score (nSPS) is 20.7. The average molecular weight is 406 g/mol. The summed E-state index contributed by atoms with van der Waals surface area (Å²) in [7, 11) is 0. The zero-order valence-corrected chi connectivity index (χ0v) is 16.5. The second-order valence-corrected chi connectivity index (χ2v) is 7.27. The van der Waals surface area contributed by atoms with Crippen LogP contribution in [0.2, 0.25) is 0 Å². The van der Waals surface area contributed by atoms with Gasteiger partial charge in [-0.25, -0.2) is 0 Å². The van der Waals surface area contributed by atoms with Crippen molar-refractivity contribution in [2.75, 3.05) is 12.0 Å². The molecule has 1 aliphatic heterocycles. The Bertz CT molecular complexity index is 780. The van der Waals surface area contributed by atoms with Gasteiger partial charge in [-0.3, -0.25) is 30.4 Å². The van der Waals surface area contributed by atoms with Crippen LogP contribution in [0.3, 0.4) is 0 Å². The SMILES string of the molecule is C[C@H]1COC(=O)CCCCCCC/C(=N\Nc2ccc([N+](=O)[O-])cc2[N+](=O)[O-])C1. The molecule has 10 heteroatoms. The second kappa shape index (κ2) is 11.1. The van der Waals surface area contributed by atoms with Crippen molar-refractivity contribution in [2.24, 2.45) is 11.0 Å². The smallest absolute Gasteiger partial charge is 0.305 e. The van der Waals surface area contributed by atoms with Crippen molar-refractivity contribution in [3.63, 3.8) is 0 Å². The van der Waals surface area contributed by atoms with Gasteiger partial charge >= 0.3 is 11.7 Å². The Balaban J connectivity index is 2.15. The maximum atomic E-state index is 11.7. The number of ether oxygens (including phenoxy) is 1. The molecule has 10 nitrogen and oxygen atoms in total. The van der Waals surface area contributed by atoms with E-state index in [0.717, 1.165) is 50.3 Å². The van der Waals surface area contributed by atoms with Crippen molar-refractivity contribution in [1.82, 2.24) is 0 Å². The van der Waals surface area contributed by atoms with Crippen LogP contribution in [-0.4, -0.2) is 28.1 Å². The Hall–Kier alpha value is -3.04. The van der Waals surface area contributed by atoms with E-state index in [1.54, 1.807) is 0 Å². The Labute approximate surface area is 168 Å². The molecule has 29 heavy (non-hydrogen) atoms. The van der Waals surface area contributed by atoms with Crippen molar-refractivity contribution in [2.45, 2.75) is 58.3 Å². The number of hydrazone groups is 1. The molecule has 0 bridgehead atoms. The van der Waals surface area contributed by atoms with Gasteiger partial charge in [-0.1, -0.05) is 26.2 Å². The number of benzene rings is 1. The molecule has 1 heterocycles. The van der Waals surface area contributed by atoms with Gasteiger partial charge in [0.2, 0.25) is 0 Å². The number of nitro groups is 2. The highest BCUT2D eigenvalue weighted by Crippen LogP contribution is 2.29. The highest BCUT2D eigenvalue weighted by atomic mass is 16.6. The standard InChI is InChI=1S/C19H26N4O6/c1-14-11-15(7-5-3-2-4-6-8-19(24)29-13-14)20-21-17-10-9-16(22(25)26)12-18(17)23(27)28/h9-10,12,14,21H,2-8,11,13H2,1H3/b20-15+/t14-/m1/s1. The van der Waals surface area contributed by atoms with Gasteiger partial charge in [-0.05, 0) is 37.7 Å². The minimum atomic E-state index is -0.680.